The normalized spacial score (nSPS) is 14.4. The molecule has 0 N–H and O–H groups in total. The van der Waals surface area contributed by atoms with Crippen LogP contribution in [0.5, 0.6) is 11.5 Å². The average Bonchev–Trinajstić information content (AvgIpc) is 3.67. The van der Waals surface area contributed by atoms with E-state index in [0.717, 1.165) is 11.3 Å². The highest BCUT2D eigenvalue weighted by Gasteiger charge is 2.35. The molecule has 0 fully saturated rings. The summed E-state index contributed by atoms with van der Waals surface area (Å²) in [7, 11) is 2.99. The van der Waals surface area contributed by atoms with Crippen molar-refractivity contribution in [3.05, 3.63) is 137 Å². The van der Waals surface area contributed by atoms with E-state index >= 15 is 0 Å². The van der Waals surface area contributed by atoms with E-state index in [1.807, 2.05) is 30.3 Å². The van der Waals surface area contributed by atoms with Gasteiger partial charge in [0, 0.05) is 11.6 Å². The fourth-order valence-electron chi connectivity index (χ4n) is 5.24. The smallest absolute Gasteiger partial charge is 0.338 e. The number of carbonyl (C=O) groups is 1. The van der Waals surface area contributed by atoms with E-state index in [-0.39, 0.29) is 29.2 Å². The Morgan fingerprint density at radius 2 is 1.74 bits per heavy atom. The minimum absolute atomic E-state index is 0.136. The van der Waals surface area contributed by atoms with Gasteiger partial charge in [-0.3, -0.25) is 19.5 Å². The van der Waals surface area contributed by atoms with Gasteiger partial charge in [0.15, 0.2) is 4.80 Å². The molecule has 0 aliphatic carbocycles. The second-order valence-corrected chi connectivity index (χ2v) is 11.1. The van der Waals surface area contributed by atoms with E-state index in [4.69, 9.17) is 23.6 Å². The van der Waals surface area contributed by atoms with Crippen molar-refractivity contribution in [1.82, 2.24) is 4.57 Å². The molecule has 46 heavy (non-hydrogen) atoms. The Hall–Kier alpha value is -5.75. The van der Waals surface area contributed by atoms with Crippen molar-refractivity contribution < 1.29 is 28.3 Å². The van der Waals surface area contributed by atoms with Gasteiger partial charge in [-0.15, -0.1) is 0 Å². The minimum Gasteiger partial charge on any atom is -0.497 e. The lowest BCUT2D eigenvalue weighted by atomic mass is 9.93. The quantitative estimate of drug-likeness (QED) is 0.123. The number of nitro groups is 1. The highest BCUT2D eigenvalue weighted by atomic mass is 32.1. The van der Waals surface area contributed by atoms with E-state index in [2.05, 4.69) is 0 Å². The third-order valence-electron chi connectivity index (χ3n) is 7.37. The van der Waals surface area contributed by atoms with Crippen molar-refractivity contribution in [2.75, 3.05) is 20.8 Å². The Morgan fingerprint density at radius 1 is 1.02 bits per heavy atom. The van der Waals surface area contributed by atoms with Gasteiger partial charge in [0.1, 0.15) is 23.0 Å². The number of methoxy groups -OCH3 is 2. The molecule has 3 heterocycles. The summed E-state index contributed by atoms with van der Waals surface area (Å²) < 4.78 is 23.7. The first kappa shape index (κ1) is 30.3. The van der Waals surface area contributed by atoms with Crippen LogP contribution in [-0.2, 0) is 9.53 Å². The molecule has 6 rings (SSSR count). The lowest BCUT2D eigenvalue weighted by Crippen LogP contribution is -2.40. The van der Waals surface area contributed by atoms with Gasteiger partial charge in [-0.2, -0.15) is 0 Å². The van der Waals surface area contributed by atoms with Crippen LogP contribution in [0.25, 0.3) is 23.1 Å². The van der Waals surface area contributed by atoms with Crippen LogP contribution in [-0.4, -0.2) is 36.3 Å². The fraction of sp³-hybridized carbons (Fsp3) is 0.147. The molecule has 1 aliphatic heterocycles. The van der Waals surface area contributed by atoms with E-state index in [1.54, 1.807) is 68.6 Å². The van der Waals surface area contributed by atoms with Gasteiger partial charge in [-0.25, -0.2) is 9.79 Å². The zero-order valence-corrected chi connectivity index (χ0v) is 25.8. The van der Waals surface area contributed by atoms with Crippen LogP contribution in [0.4, 0.5) is 5.69 Å². The molecule has 0 radical (unpaired) electrons. The lowest BCUT2D eigenvalue weighted by Gasteiger charge is -2.26. The molecule has 3 aromatic carbocycles. The molecule has 0 saturated heterocycles. The Balaban J connectivity index is 1.53. The molecule has 0 amide bonds. The number of esters is 1. The number of hydrogen-bond donors (Lipinski definition) is 0. The van der Waals surface area contributed by atoms with Crippen LogP contribution in [0.2, 0.25) is 0 Å². The van der Waals surface area contributed by atoms with Crippen LogP contribution in [0.3, 0.4) is 0 Å². The SMILES string of the molecule is CCOC(=O)C1=C(c2ccccc2)N=c2s/c(=C\c3ccc(-c4ccc(OC)cc4[N+](=O)[O-])o3)c(=O)n2C1c1ccc(OC)cc1. The molecule has 0 saturated carbocycles. The predicted octanol–water partition coefficient (Wildman–Crippen LogP) is 5.12. The van der Waals surface area contributed by atoms with Gasteiger partial charge in [-0.05, 0) is 48.9 Å². The summed E-state index contributed by atoms with van der Waals surface area (Å²) in [5, 5.41) is 11.7. The molecule has 0 spiro atoms. The zero-order chi connectivity index (χ0) is 32.4. The minimum atomic E-state index is -0.854. The number of fused-ring (bicyclic) bond motifs is 1. The van der Waals surface area contributed by atoms with Crippen molar-refractivity contribution in [2.24, 2.45) is 4.99 Å². The third-order valence-corrected chi connectivity index (χ3v) is 8.36. The number of ether oxygens (including phenoxy) is 3. The molecule has 1 unspecified atom stereocenters. The number of rotatable bonds is 9. The number of nitro benzene ring substituents is 1. The van der Waals surface area contributed by atoms with E-state index < -0.39 is 22.5 Å². The van der Waals surface area contributed by atoms with E-state index in [1.165, 1.54) is 17.7 Å². The number of aromatic nitrogens is 1. The summed E-state index contributed by atoms with van der Waals surface area (Å²) in [6, 6.07) is 23.2. The first-order valence-corrected chi connectivity index (χ1v) is 15.0. The van der Waals surface area contributed by atoms with Crippen LogP contribution >= 0.6 is 11.3 Å². The zero-order valence-electron chi connectivity index (χ0n) is 25.0. The Kier molecular flexibility index (Phi) is 8.36. The summed E-state index contributed by atoms with van der Waals surface area (Å²) in [5.74, 6) is 0.926. The standard InChI is InChI=1S/C34H27N3O8S/c1-4-44-33(39)29-30(20-8-6-5-7-9-20)35-34-36(31(29)21-10-12-22(42-2)13-11-21)32(38)28(46-34)19-24-15-17-27(45-24)25-16-14-23(43-3)18-26(25)37(40)41/h5-19,31H,4H2,1-3H3/b28-19-. The molecule has 1 aliphatic rings. The molecule has 0 bridgehead atoms. The summed E-state index contributed by atoms with van der Waals surface area (Å²) in [6.07, 6.45) is 1.56. The Bertz CT molecular complexity index is 2160. The highest BCUT2D eigenvalue weighted by molar-refractivity contribution is 7.07. The molecule has 2 aromatic heterocycles. The second kappa shape index (κ2) is 12.7. The summed E-state index contributed by atoms with van der Waals surface area (Å²) in [6.45, 7) is 1.85. The van der Waals surface area contributed by atoms with Gasteiger partial charge in [0.2, 0.25) is 0 Å². The fourth-order valence-corrected chi connectivity index (χ4v) is 6.23. The largest absolute Gasteiger partial charge is 0.497 e. The van der Waals surface area contributed by atoms with Gasteiger partial charge in [0.25, 0.3) is 11.2 Å². The monoisotopic (exact) mass is 637 g/mol. The van der Waals surface area contributed by atoms with Crippen LogP contribution in [0, 0.1) is 10.1 Å². The Labute approximate surface area is 266 Å². The van der Waals surface area contributed by atoms with Gasteiger partial charge in [0.05, 0.1) is 59.2 Å². The molecular formula is C34H27N3O8S. The summed E-state index contributed by atoms with van der Waals surface area (Å²) in [4.78, 5) is 44.2. The first-order chi connectivity index (χ1) is 22.3. The average molecular weight is 638 g/mol. The summed E-state index contributed by atoms with van der Waals surface area (Å²) >= 11 is 1.14. The predicted molar refractivity (Wildman–Crippen MR) is 171 cm³/mol. The van der Waals surface area contributed by atoms with Crippen LogP contribution < -0.4 is 24.4 Å². The molecular weight excluding hydrogens is 610 g/mol. The second-order valence-electron chi connectivity index (χ2n) is 10.0. The maximum absolute atomic E-state index is 14.1. The molecule has 12 heteroatoms. The molecule has 5 aromatic rings. The van der Waals surface area contributed by atoms with E-state index in [9.17, 15) is 19.7 Å². The number of hydrogen-bond acceptors (Lipinski definition) is 10. The van der Waals surface area contributed by atoms with Crippen molar-refractivity contribution in [3.8, 4) is 22.8 Å². The highest BCUT2D eigenvalue weighted by Crippen LogP contribution is 2.36. The first-order valence-electron chi connectivity index (χ1n) is 14.2. The van der Waals surface area contributed by atoms with Crippen LogP contribution in [0.15, 0.2) is 105 Å². The van der Waals surface area contributed by atoms with Gasteiger partial charge >= 0.3 is 5.97 Å². The van der Waals surface area contributed by atoms with Crippen molar-refractivity contribution in [3.63, 3.8) is 0 Å². The van der Waals surface area contributed by atoms with Crippen molar-refractivity contribution in [2.45, 2.75) is 13.0 Å². The van der Waals surface area contributed by atoms with Gasteiger partial charge in [-0.1, -0.05) is 53.8 Å². The third kappa shape index (κ3) is 5.61. The maximum atomic E-state index is 14.1. The van der Waals surface area contributed by atoms with Gasteiger partial charge < -0.3 is 18.6 Å². The van der Waals surface area contributed by atoms with Crippen molar-refractivity contribution in [1.29, 1.82) is 0 Å². The molecule has 1 atom stereocenters. The van der Waals surface area contributed by atoms with E-state index in [0.29, 0.717) is 43.4 Å². The topological polar surface area (TPSA) is 135 Å². The number of carbonyl (C=O) groups excluding carboxylic acids is 1. The number of thiazole rings is 1. The van der Waals surface area contributed by atoms with Crippen LogP contribution in [0.1, 0.15) is 29.9 Å². The number of benzene rings is 3. The number of nitrogens with zero attached hydrogens (tertiary/aromatic N) is 3. The summed E-state index contributed by atoms with van der Waals surface area (Å²) in [5.41, 5.74) is 1.67. The molecule has 232 valence electrons. The number of furan rings is 1. The Morgan fingerprint density at radius 3 is 2.41 bits per heavy atom. The maximum Gasteiger partial charge on any atom is 0.338 e. The molecule has 11 nitrogen and oxygen atoms in total. The lowest BCUT2D eigenvalue weighted by molar-refractivity contribution is -0.384. The van der Waals surface area contributed by atoms with Crippen molar-refractivity contribution >= 4 is 34.8 Å².